The highest BCUT2D eigenvalue weighted by Crippen LogP contribution is 2.29. The normalized spacial score (nSPS) is 10.5. The third-order valence-electron chi connectivity index (χ3n) is 3.52. The van der Waals surface area contributed by atoms with Gasteiger partial charge in [-0.15, -0.1) is 11.3 Å². The summed E-state index contributed by atoms with van der Waals surface area (Å²) in [5.41, 5.74) is 7.73. The molecule has 1 heterocycles. The first-order chi connectivity index (χ1) is 11.9. The van der Waals surface area contributed by atoms with E-state index in [1.54, 1.807) is 43.3 Å². The number of amides is 2. The summed E-state index contributed by atoms with van der Waals surface area (Å²) in [4.78, 5) is 28.6. The molecule has 7 heteroatoms. The topological polar surface area (TPSA) is 85.1 Å². The largest absolute Gasteiger partial charge is 0.366 e. The number of thiazole rings is 1. The third kappa shape index (κ3) is 3.87. The van der Waals surface area contributed by atoms with Crippen molar-refractivity contribution in [2.24, 2.45) is 5.73 Å². The molecule has 0 aliphatic rings. The summed E-state index contributed by atoms with van der Waals surface area (Å²) in [5.74, 6) is -0.758. The molecule has 0 aliphatic heterocycles. The van der Waals surface area contributed by atoms with Crippen LogP contribution in [0.2, 0.25) is 5.02 Å². The van der Waals surface area contributed by atoms with Crippen LogP contribution in [-0.2, 0) is 0 Å². The van der Waals surface area contributed by atoms with Gasteiger partial charge in [0, 0.05) is 21.8 Å². The fourth-order valence-electron chi connectivity index (χ4n) is 2.23. The van der Waals surface area contributed by atoms with Crippen LogP contribution in [0, 0.1) is 6.92 Å². The second-order valence-electron chi connectivity index (χ2n) is 5.34. The Morgan fingerprint density at radius 1 is 1.08 bits per heavy atom. The van der Waals surface area contributed by atoms with Gasteiger partial charge in [0.1, 0.15) is 9.88 Å². The summed E-state index contributed by atoms with van der Waals surface area (Å²) in [6, 6.07) is 13.7. The number of benzene rings is 2. The molecule has 1 aromatic heterocycles. The molecule has 5 nitrogen and oxygen atoms in total. The van der Waals surface area contributed by atoms with Crippen LogP contribution in [0.15, 0.2) is 48.5 Å². The predicted molar refractivity (Wildman–Crippen MR) is 100 cm³/mol. The molecule has 25 heavy (non-hydrogen) atoms. The van der Waals surface area contributed by atoms with E-state index in [-0.39, 0.29) is 5.91 Å². The molecule has 2 aromatic carbocycles. The highest BCUT2D eigenvalue weighted by Gasteiger charge is 2.16. The Morgan fingerprint density at radius 3 is 2.32 bits per heavy atom. The summed E-state index contributed by atoms with van der Waals surface area (Å²) in [6.07, 6.45) is 0. The minimum Gasteiger partial charge on any atom is -0.366 e. The number of rotatable bonds is 4. The van der Waals surface area contributed by atoms with Crippen LogP contribution in [0.25, 0.3) is 10.6 Å². The first-order valence-corrected chi connectivity index (χ1v) is 8.58. The lowest BCUT2D eigenvalue weighted by molar-refractivity contribution is 0.0998. The Kier molecular flexibility index (Phi) is 4.83. The number of hydrogen-bond donors (Lipinski definition) is 2. The number of anilines is 1. The Hall–Kier alpha value is -2.70. The number of nitrogens with one attached hydrogen (secondary N) is 1. The summed E-state index contributed by atoms with van der Waals surface area (Å²) in [7, 11) is 0. The number of aromatic nitrogens is 1. The van der Waals surface area contributed by atoms with Crippen molar-refractivity contribution in [1.29, 1.82) is 0 Å². The standard InChI is InChI=1S/C18H14ClN3O2S/c1-10-15(25-18(21-10)12-2-6-13(19)7-3-12)17(24)22-14-8-4-11(5-9-14)16(20)23/h2-9H,1H3,(H2,20,23)(H,22,24). The van der Waals surface area contributed by atoms with Gasteiger partial charge in [0.2, 0.25) is 5.91 Å². The van der Waals surface area contributed by atoms with Crippen molar-refractivity contribution in [3.05, 3.63) is 69.7 Å². The van der Waals surface area contributed by atoms with Crippen LogP contribution >= 0.6 is 22.9 Å². The first kappa shape index (κ1) is 17.1. The summed E-state index contributed by atoms with van der Waals surface area (Å²) < 4.78 is 0. The SMILES string of the molecule is Cc1nc(-c2ccc(Cl)cc2)sc1C(=O)Nc1ccc(C(N)=O)cc1. The first-order valence-electron chi connectivity index (χ1n) is 7.38. The molecule has 0 spiro atoms. The van der Waals surface area contributed by atoms with Crippen molar-refractivity contribution in [2.45, 2.75) is 6.92 Å². The quantitative estimate of drug-likeness (QED) is 0.723. The molecule has 0 saturated carbocycles. The van der Waals surface area contributed by atoms with Crippen molar-refractivity contribution < 1.29 is 9.59 Å². The maximum Gasteiger partial charge on any atom is 0.267 e. The molecule has 2 amide bonds. The van der Waals surface area contributed by atoms with Crippen LogP contribution in [0.4, 0.5) is 5.69 Å². The predicted octanol–water partition coefficient (Wildman–Crippen LogP) is 4.12. The van der Waals surface area contributed by atoms with Crippen LogP contribution in [0.1, 0.15) is 25.7 Å². The zero-order valence-electron chi connectivity index (χ0n) is 13.2. The molecule has 0 aliphatic carbocycles. The van der Waals surface area contributed by atoms with Crippen molar-refractivity contribution in [3.8, 4) is 10.6 Å². The van der Waals surface area contributed by atoms with Gasteiger partial charge in [-0.05, 0) is 43.3 Å². The number of carbonyl (C=O) groups is 2. The molecule has 0 fully saturated rings. The number of hydrogen-bond acceptors (Lipinski definition) is 4. The minimum atomic E-state index is -0.510. The van der Waals surface area contributed by atoms with Gasteiger partial charge in [-0.3, -0.25) is 9.59 Å². The lowest BCUT2D eigenvalue weighted by Crippen LogP contribution is -2.13. The van der Waals surface area contributed by atoms with Gasteiger partial charge in [0.25, 0.3) is 5.91 Å². The van der Waals surface area contributed by atoms with E-state index in [1.165, 1.54) is 11.3 Å². The molecule has 0 bridgehead atoms. The van der Waals surface area contributed by atoms with Gasteiger partial charge >= 0.3 is 0 Å². The van der Waals surface area contributed by atoms with Crippen LogP contribution in [0.3, 0.4) is 0 Å². The van der Waals surface area contributed by atoms with Gasteiger partial charge < -0.3 is 11.1 Å². The second-order valence-corrected chi connectivity index (χ2v) is 6.77. The second kappa shape index (κ2) is 7.04. The van der Waals surface area contributed by atoms with E-state index in [0.717, 1.165) is 10.6 Å². The van der Waals surface area contributed by atoms with Gasteiger partial charge in [-0.2, -0.15) is 0 Å². The molecule has 3 rings (SSSR count). The lowest BCUT2D eigenvalue weighted by Gasteiger charge is -2.04. The molecule has 3 aromatic rings. The monoisotopic (exact) mass is 371 g/mol. The maximum atomic E-state index is 12.5. The Labute approximate surface area is 153 Å². The number of halogens is 1. The van der Waals surface area contributed by atoms with E-state index in [0.29, 0.717) is 26.8 Å². The van der Waals surface area contributed by atoms with Gasteiger partial charge in [-0.25, -0.2) is 4.98 Å². The average molecular weight is 372 g/mol. The van der Waals surface area contributed by atoms with E-state index in [1.807, 2.05) is 12.1 Å². The Balaban J connectivity index is 1.80. The van der Waals surface area contributed by atoms with E-state index in [4.69, 9.17) is 17.3 Å². The highest BCUT2D eigenvalue weighted by molar-refractivity contribution is 7.17. The third-order valence-corrected chi connectivity index (χ3v) is 4.98. The van der Waals surface area contributed by atoms with Crippen molar-refractivity contribution in [2.75, 3.05) is 5.32 Å². The van der Waals surface area contributed by atoms with Crippen LogP contribution < -0.4 is 11.1 Å². The number of nitrogens with two attached hydrogens (primary N) is 1. The van der Waals surface area contributed by atoms with Crippen molar-refractivity contribution in [3.63, 3.8) is 0 Å². The fourth-order valence-corrected chi connectivity index (χ4v) is 3.32. The smallest absolute Gasteiger partial charge is 0.267 e. The number of nitrogens with zero attached hydrogens (tertiary/aromatic N) is 1. The molecule has 0 unspecified atom stereocenters. The average Bonchev–Trinajstić information content (AvgIpc) is 2.98. The van der Waals surface area contributed by atoms with Gasteiger partial charge in [0.05, 0.1) is 5.69 Å². The van der Waals surface area contributed by atoms with E-state index in [2.05, 4.69) is 10.3 Å². The van der Waals surface area contributed by atoms with Crippen LogP contribution in [0.5, 0.6) is 0 Å². The molecule has 0 saturated heterocycles. The summed E-state index contributed by atoms with van der Waals surface area (Å²) >= 11 is 7.21. The molecular formula is C18H14ClN3O2S. The number of primary amides is 1. The number of aryl methyl sites for hydroxylation is 1. The maximum absolute atomic E-state index is 12.5. The highest BCUT2D eigenvalue weighted by atomic mass is 35.5. The minimum absolute atomic E-state index is 0.248. The summed E-state index contributed by atoms with van der Waals surface area (Å²) in [6.45, 7) is 1.79. The molecule has 0 atom stereocenters. The van der Waals surface area contributed by atoms with Crippen molar-refractivity contribution in [1.82, 2.24) is 4.98 Å². The van der Waals surface area contributed by atoms with Crippen LogP contribution in [-0.4, -0.2) is 16.8 Å². The zero-order valence-corrected chi connectivity index (χ0v) is 14.8. The molecule has 126 valence electrons. The van der Waals surface area contributed by atoms with E-state index >= 15 is 0 Å². The lowest BCUT2D eigenvalue weighted by atomic mass is 10.2. The summed E-state index contributed by atoms with van der Waals surface area (Å²) in [5, 5.41) is 4.20. The fraction of sp³-hybridized carbons (Fsp3) is 0.0556. The zero-order chi connectivity index (χ0) is 18.0. The Bertz CT molecular complexity index is 934. The molecule has 0 radical (unpaired) electrons. The molecule has 3 N–H and O–H groups in total. The number of carbonyl (C=O) groups excluding carboxylic acids is 2. The Morgan fingerprint density at radius 2 is 1.72 bits per heavy atom. The van der Waals surface area contributed by atoms with Gasteiger partial charge in [0.15, 0.2) is 0 Å². The van der Waals surface area contributed by atoms with E-state index < -0.39 is 5.91 Å². The van der Waals surface area contributed by atoms with E-state index in [9.17, 15) is 9.59 Å². The van der Waals surface area contributed by atoms with Crippen molar-refractivity contribution >= 4 is 40.4 Å². The van der Waals surface area contributed by atoms with Gasteiger partial charge in [-0.1, -0.05) is 23.7 Å². The molecular weight excluding hydrogens is 358 g/mol.